The lowest BCUT2D eigenvalue weighted by Gasteiger charge is -2.39. The van der Waals surface area contributed by atoms with Crippen LogP contribution in [0.2, 0.25) is 5.02 Å². The van der Waals surface area contributed by atoms with Gasteiger partial charge in [0.25, 0.3) is 0 Å². The molecule has 0 spiro atoms. The fourth-order valence-electron chi connectivity index (χ4n) is 4.20. The molecule has 1 aromatic carbocycles. The molecule has 172 valence electrons. The summed E-state index contributed by atoms with van der Waals surface area (Å²) >= 11 is 5.81. The Bertz CT molecular complexity index is 890. The van der Waals surface area contributed by atoms with Crippen molar-refractivity contribution in [1.29, 1.82) is 0 Å². The van der Waals surface area contributed by atoms with Gasteiger partial charge in [-0.05, 0) is 57.9 Å². The minimum absolute atomic E-state index is 0.0175. The van der Waals surface area contributed by atoms with Crippen LogP contribution in [0.3, 0.4) is 0 Å². The van der Waals surface area contributed by atoms with E-state index in [0.717, 1.165) is 0 Å². The fourth-order valence-corrected chi connectivity index (χ4v) is 5.52. The molecule has 10 heteroatoms. The summed E-state index contributed by atoms with van der Waals surface area (Å²) in [5.41, 5.74) is 0. The number of sulfonamides is 1. The van der Waals surface area contributed by atoms with Crippen LogP contribution in [0.4, 0.5) is 0 Å². The SMILES string of the molecule is CC1CN(C(=O)C2CCN(C(=O)[C@H](C)NS(=O)(=O)c3ccc(Cl)cc3)CC2)CC(C)O1. The minimum Gasteiger partial charge on any atom is -0.372 e. The van der Waals surface area contributed by atoms with Gasteiger partial charge in [-0.15, -0.1) is 0 Å². The van der Waals surface area contributed by atoms with Gasteiger partial charge in [0, 0.05) is 37.1 Å². The predicted octanol–water partition coefficient (Wildman–Crippen LogP) is 1.88. The van der Waals surface area contributed by atoms with Gasteiger partial charge in [-0.25, -0.2) is 8.42 Å². The quantitative estimate of drug-likeness (QED) is 0.707. The van der Waals surface area contributed by atoms with Crippen molar-refractivity contribution in [3.8, 4) is 0 Å². The molecule has 2 amide bonds. The Balaban J connectivity index is 1.53. The van der Waals surface area contributed by atoms with Crippen LogP contribution in [0, 0.1) is 5.92 Å². The number of carbonyl (C=O) groups excluding carboxylic acids is 2. The Labute approximate surface area is 188 Å². The molecular weight excluding hydrogens is 442 g/mol. The molecule has 2 aliphatic heterocycles. The van der Waals surface area contributed by atoms with Crippen LogP contribution in [0.15, 0.2) is 29.2 Å². The van der Waals surface area contributed by atoms with E-state index in [9.17, 15) is 18.0 Å². The van der Waals surface area contributed by atoms with Crippen LogP contribution in [0.1, 0.15) is 33.6 Å². The molecule has 0 radical (unpaired) electrons. The van der Waals surface area contributed by atoms with E-state index in [1.165, 1.54) is 31.2 Å². The second kappa shape index (κ2) is 9.85. The molecule has 2 heterocycles. The van der Waals surface area contributed by atoms with E-state index in [0.29, 0.717) is 44.0 Å². The van der Waals surface area contributed by atoms with Crippen LogP contribution in [0.25, 0.3) is 0 Å². The summed E-state index contributed by atoms with van der Waals surface area (Å²) < 4.78 is 33.2. The monoisotopic (exact) mass is 471 g/mol. The molecule has 0 aromatic heterocycles. The molecular formula is C21H30ClN3O5S. The standard InChI is InChI=1S/C21H30ClN3O5S/c1-14-12-25(13-15(2)30-14)21(27)17-8-10-24(11-9-17)20(26)16(3)23-31(28,29)19-6-4-18(22)5-7-19/h4-7,14-17,23H,8-13H2,1-3H3/t14?,15?,16-/m0/s1. The van der Waals surface area contributed by atoms with Crippen molar-refractivity contribution in [3.63, 3.8) is 0 Å². The van der Waals surface area contributed by atoms with E-state index >= 15 is 0 Å². The molecule has 0 saturated carbocycles. The molecule has 1 aromatic rings. The summed E-state index contributed by atoms with van der Waals surface area (Å²) in [6.07, 6.45) is 1.18. The fraction of sp³-hybridized carbons (Fsp3) is 0.619. The van der Waals surface area contributed by atoms with E-state index in [1.54, 1.807) is 4.90 Å². The van der Waals surface area contributed by atoms with Gasteiger partial charge in [-0.1, -0.05) is 11.6 Å². The Morgan fingerprint density at radius 1 is 1.06 bits per heavy atom. The highest BCUT2D eigenvalue weighted by Gasteiger charge is 2.35. The number of halogens is 1. The summed E-state index contributed by atoms with van der Waals surface area (Å²) in [5.74, 6) is -0.301. The highest BCUT2D eigenvalue weighted by molar-refractivity contribution is 7.89. The third-order valence-electron chi connectivity index (χ3n) is 5.71. The summed E-state index contributed by atoms with van der Waals surface area (Å²) in [4.78, 5) is 29.2. The Kier molecular flexibility index (Phi) is 7.62. The van der Waals surface area contributed by atoms with Crippen LogP contribution in [-0.2, 0) is 24.3 Å². The lowest BCUT2D eigenvalue weighted by atomic mass is 9.94. The highest BCUT2D eigenvalue weighted by atomic mass is 35.5. The maximum absolute atomic E-state index is 12.9. The van der Waals surface area contributed by atoms with Crippen molar-refractivity contribution in [2.75, 3.05) is 26.2 Å². The first kappa shape index (κ1) is 24.0. The maximum Gasteiger partial charge on any atom is 0.241 e. The van der Waals surface area contributed by atoms with Gasteiger partial charge in [-0.3, -0.25) is 9.59 Å². The molecule has 31 heavy (non-hydrogen) atoms. The molecule has 2 unspecified atom stereocenters. The average molecular weight is 472 g/mol. The van der Waals surface area contributed by atoms with Gasteiger partial charge < -0.3 is 14.5 Å². The number of nitrogens with one attached hydrogen (secondary N) is 1. The van der Waals surface area contributed by atoms with E-state index in [4.69, 9.17) is 16.3 Å². The highest BCUT2D eigenvalue weighted by Crippen LogP contribution is 2.23. The lowest BCUT2D eigenvalue weighted by molar-refractivity contribution is -0.150. The second-order valence-corrected chi connectivity index (χ2v) is 10.5. The van der Waals surface area contributed by atoms with E-state index in [-0.39, 0.29) is 34.8 Å². The number of piperidine rings is 1. The molecule has 8 nitrogen and oxygen atoms in total. The molecule has 0 aliphatic carbocycles. The Hall–Kier alpha value is -1.68. The van der Waals surface area contributed by atoms with Gasteiger partial charge in [0.2, 0.25) is 21.8 Å². The number of hydrogen-bond acceptors (Lipinski definition) is 5. The van der Waals surface area contributed by atoms with Crippen LogP contribution in [-0.4, -0.2) is 74.5 Å². The third kappa shape index (κ3) is 5.97. The molecule has 2 aliphatic rings. The number of hydrogen-bond donors (Lipinski definition) is 1. The van der Waals surface area contributed by atoms with Crippen LogP contribution < -0.4 is 4.72 Å². The summed E-state index contributed by atoms with van der Waals surface area (Å²) in [5, 5.41) is 0.432. The van der Waals surface area contributed by atoms with Gasteiger partial charge in [0.15, 0.2) is 0 Å². The zero-order valence-electron chi connectivity index (χ0n) is 18.1. The molecule has 1 N–H and O–H groups in total. The average Bonchev–Trinajstić information content (AvgIpc) is 2.72. The third-order valence-corrected chi connectivity index (χ3v) is 7.52. The first-order valence-corrected chi connectivity index (χ1v) is 12.4. The van der Waals surface area contributed by atoms with Crippen molar-refractivity contribution < 1.29 is 22.7 Å². The normalized spacial score (nSPS) is 24.1. The van der Waals surface area contributed by atoms with Crippen LogP contribution in [0.5, 0.6) is 0 Å². The van der Waals surface area contributed by atoms with E-state index in [1.807, 2.05) is 18.7 Å². The number of rotatable bonds is 5. The van der Waals surface area contributed by atoms with Gasteiger partial charge >= 0.3 is 0 Å². The molecule has 0 bridgehead atoms. The number of carbonyl (C=O) groups is 2. The number of benzene rings is 1. The number of amides is 2. The largest absolute Gasteiger partial charge is 0.372 e. The Morgan fingerprint density at radius 2 is 1.61 bits per heavy atom. The number of nitrogens with zero attached hydrogens (tertiary/aromatic N) is 2. The van der Waals surface area contributed by atoms with E-state index < -0.39 is 16.1 Å². The minimum atomic E-state index is -3.84. The molecule has 3 atom stereocenters. The van der Waals surface area contributed by atoms with Crippen molar-refractivity contribution >= 4 is 33.4 Å². The first-order chi connectivity index (χ1) is 14.6. The Morgan fingerprint density at radius 3 is 2.16 bits per heavy atom. The second-order valence-electron chi connectivity index (χ2n) is 8.40. The van der Waals surface area contributed by atoms with Crippen molar-refractivity contribution in [3.05, 3.63) is 29.3 Å². The molecule has 3 rings (SSSR count). The number of likely N-dealkylation sites (tertiary alicyclic amines) is 1. The maximum atomic E-state index is 12.9. The predicted molar refractivity (Wildman–Crippen MR) is 117 cm³/mol. The topological polar surface area (TPSA) is 96.0 Å². The smallest absolute Gasteiger partial charge is 0.241 e. The summed E-state index contributed by atoms with van der Waals surface area (Å²) in [6.45, 7) is 7.49. The zero-order chi connectivity index (χ0) is 22.8. The first-order valence-electron chi connectivity index (χ1n) is 10.6. The van der Waals surface area contributed by atoms with Crippen molar-refractivity contribution in [1.82, 2.24) is 14.5 Å². The number of ether oxygens (including phenoxy) is 1. The summed E-state index contributed by atoms with van der Waals surface area (Å²) in [7, 11) is -3.84. The summed E-state index contributed by atoms with van der Waals surface area (Å²) in [6, 6.07) is 4.85. The lowest BCUT2D eigenvalue weighted by Crippen LogP contribution is -2.53. The van der Waals surface area contributed by atoms with Crippen molar-refractivity contribution in [2.45, 2.75) is 56.8 Å². The number of morpholine rings is 1. The van der Waals surface area contributed by atoms with Gasteiger partial charge in [-0.2, -0.15) is 4.72 Å². The van der Waals surface area contributed by atoms with Crippen LogP contribution >= 0.6 is 11.6 Å². The molecule has 2 fully saturated rings. The molecule has 2 saturated heterocycles. The zero-order valence-corrected chi connectivity index (χ0v) is 19.7. The van der Waals surface area contributed by atoms with Gasteiger partial charge in [0.05, 0.1) is 23.1 Å². The van der Waals surface area contributed by atoms with E-state index in [2.05, 4.69) is 4.72 Å². The van der Waals surface area contributed by atoms with Gasteiger partial charge in [0.1, 0.15) is 0 Å². The van der Waals surface area contributed by atoms with Crippen molar-refractivity contribution in [2.24, 2.45) is 5.92 Å².